The lowest BCUT2D eigenvalue weighted by Gasteiger charge is -2.25. The molecule has 2 aromatic rings. The Morgan fingerprint density at radius 2 is 1.87 bits per heavy atom. The topological polar surface area (TPSA) is 29.3 Å². The van der Waals surface area contributed by atoms with E-state index in [1.54, 1.807) is 6.07 Å². The summed E-state index contributed by atoms with van der Waals surface area (Å²) in [5.41, 5.74) is 7.78. The number of benzene rings is 2. The highest BCUT2D eigenvalue weighted by Gasteiger charge is 2.35. The summed E-state index contributed by atoms with van der Waals surface area (Å²) in [5.74, 6) is -0.317. The van der Waals surface area contributed by atoms with Crippen LogP contribution in [0.25, 0.3) is 0 Å². The predicted octanol–water partition coefficient (Wildman–Crippen LogP) is 3.70. The van der Waals surface area contributed by atoms with E-state index in [-0.39, 0.29) is 6.04 Å². The van der Waals surface area contributed by atoms with Crippen molar-refractivity contribution in [2.75, 3.05) is 19.6 Å². The Balaban J connectivity index is 1.81. The molecule has 0 radical (unpaired) electrons. The summed E-state index contributed by atoms with van der Waals surface area (Å²) in [6, 6.07) is 14.0. The van der Waals surface area contributed by atoms with E-state index in [4.69, 9.17) is 5.73 Å². The molecule has 2 N–H and O–H groups in total. The molecular formula is C19H22F2N2. The van der Waals surface area contributed by atoms with Crippen LogP contribution >= 0.6 is 0 Å². The number of likely N-dealkylation sites (tertiary alicyclic amines) is 1. The lowest BCUT2D eigenvalue weighted by atomic mass is 9.89. The number of rotatable bonds is 4. The van der Waals surface area contributed by atoms with E-state index in [0.717, 1.165) is 19.2 Å². The lowest BCUT2D eigenvalue weighted by molar-refractivity contribution is 0.247. The molecule has 2 aromatic carbocycles. The first-order valence-electron chi connectivity index (χ1n) is 8.04. The van der Waals surface area contributed by atoms with E-state index >= 15 is 0 Å². The molecular weight excluding hydrogens is 294 g/mol. The molecule has 1 saturated heterocycles. The molecule has 0 aromatic heterocycles. The Morgan fingerprint density at radius 3 is 2.52 bits per heavy atom. The molecule has 1 fully saturated rings. The van der Waals surface area contributed by atoms with Crippen molar-refractivity contribution < 1.29 is 8.78 Å². The van der Waals surface area contributed by atoms with E-state index in [2.05, 4.69) is 17.0 Å². The van der Waals surface area contributed by atoms with Crippen molar-refractivity contribution in [2.24, 2.45) is 11.7 Å². The number of hydrogen-bond acceptors (Lipinski definition) is 2. The van der Waals surface area contributed by atoms with E-state index in [9.17, 15) is 8.78 Å². The largest absolute Gasteiger partial charge is 0.330 e. The van der Waals surface area contributed by atoms with Gasteiger partial charge in [-0.3, -0.25) is 4.90 Å². The number of hydrogen-bond donors (Lipinski definition) is 1. The van der Waals surface area contributed by atoms with Crippen LogP contribution in [0.1, 0.15) is 30.0 Å². The molecule has 1 heterocycles. The van der Waals surface area contributed by atoms with Crippen LogP contribution in [-0.2, 0) is 0 Å². The van der Waals surface area contributed by atoms with Crippen LogP contribution in [0.15, 0.2) is 48.5 Å². The van der Waals surface area contributed by atoms with Gasteiger partial charge in [-0.05, 0) is 31.0 Å². The number of nitrogens with zero attached hydrogens (tertiary/aromatic N) is 1. The Morgan fingerprint density at radius 1 is 1.13 bits per heavy atom. The van der Waals surface area contributed by atoms with Crippen molar-refractivity contribution in [1.82, 2.24) is 4.90 Å². The number of halogens is 2. The van der Waals surface area contributed by atoms with Crippen LogP contribution in [0.5, 0.6) is 0 Å². The smallest absolute Gasteiger partial charge is 0.130 e. The van der Waals surface area contributed by atoms with Gasteiger partial charge in [0.1, 0.15) is 11.6 Å². The summed E-state index contributed by atoms with van der Waals surface area (Å²) in [7, 11) is 0. The third-order valence-electron chi connectivity index (χ3n) is 4.96. The van der Waals surface area contributed by atoms with Crippen LogP contribution in [0.2, 0.25) is 0 Å². The molecule has 1 aliphatic heterocycles. The highest BCUT2D eigenvalue weighted by molar-refractivity contribution is 5.25. The Kier molecular flexibility index (Phi) is 4.74. The van der Waals surface area contributed by atoms with Gasteiger partial charge in [-0.2, -0.15) is 0 Å². The maximum atomic E-state index is 14.1. The molecule has 3 rings (SSSR count). The van der Waals surface area contributed by atoms with E-state index in [1.807, 2.05) is 25.1 Å². The van der Waals surface area contributed by atoms with Crippen LogP contribution in [0.4, 0.5) is 8.78 Å². The van der Waals surface area contributed by atoms with Crippen LogP contribution in [0.3, 0.4) is 0 Å². The van der Waals surface area contributed by atoms with Gasteiger partial charge in [-0.1, -0.05) is 36.4 Å². The highest BCUT2D eigenvalue weighted by Crippen LogP contribution is 2.37. The van der Waals surface area contributed by atoms with Crippen molar-refractivity contribution >= 4 is 0 Å². The normalized spacial score (nSPS) is 23.1. The third-order valence-corrected chi connectivity index (χ3v) is 4.96. The average molecular weight is 316 g/mol. The molecule has 23 heavy (non-hydrogen) atoms. The Hall–Kier alpha value is -1.78. The zero-order valence-electron chi connectivity index (χ0n) is 13.3. The van der Waals surface area contributed by atoms with Crippen LogP contribution < -0.4 is 5.73 Å². The minimum absolute atomic E-state index is 0.0987. The van der Waals surface area contributed by atoms with Gasteiger partial charge in [-0.15, -0.1) is 0 Å². The summed E-state index contributed by atoms with van der Waals surface area (Å²) < 4.78 is 27.2. The third kappa shape index (κ3) is 3.28. The molecule has 3 atom stereocenters. The molecule has 4 heteroatoms. The molecule has 1 aliphatic rings. The van der Waals surface area contributed by atoms with Gasteiger partial charge in [0, 0.05) is 36.7 Å². The molecule has 0 aliphatic carbocycles. The van der Waals surface area contributed by atoms with Gasteiger partial charge in [0.2, 0.25) is 0 Å². The maximum absolute atomic E-state index is 14.1. The van der Waals surface area contributed by atoms with Gasteiger partial charge >= 0.3 is 0 Å². The van der Waals surface area contributed by atoms with Crippen LogP contribution in [0, 0.1) is 17.6 Å². The number of nitrogens with two attached hydrogens (primary N) is 1. The van der Waals surface area contributed by atoms with E-state index in [0.29, 0.717) is 23.9 Å². The second-order valence-corrected chi connectivity index (χ2v) is 6.31. The average Bonchev–Trinajstić information content (AvgIpc) is 2.99. The van der Waals surface area contributed by atoms with Gasteiger partial charge in [0.15, 0.2) is 0 Å². The highest BCUT2D eigenvalue weighted by atomic mass is 19.1. The summed E-state index contributed by atoms with van der Waals surface area (Å²) in [6.07, 6.45) is 0. The molecule has 0 saturated carbocycles. The summed E-state index contributed by atoms with van der Waals surface area (Å²) >= 11 is 0. The Labute approximate surface area is 135 Å². The van der Waals surface area contributed by atoms with Crippen molar-refractivity contribution in [3.05, 3.63) is 71.3 Å². The van der Waals surface area contributed by atoms with Crippen molar-refractivity contribution in [1.29, 1.82) is 0 Å². The standard InChI is InChI=1S/C19H22F2N2/c1-13(17-8-7-16(20)9-19(17)21)23-11-15(10-22)18(12-23)14-5-3-2-4-6-14/h2-9,13,15,18H,10-12,22H2,1H3/t13?,15-,18+/m1/s1. The first kappa shape index (κ1) is 16.1. The fourth-order valence-corrected chi connectivity index (χ4v) is 3.57. The van der Waals surface area contributed by atoms with Crippen LogP contribution in [-0.4, -0.2) is 24.5 Å². The minimum Gasteiger partial charge on any atom is -0.330 e. The summed E-state index contributed by atoms with van der Waals surface area (Å²) in [6.45, 7) is 4.24. The predicted molar refractivity (Wildman–Crippen MR) is 88.1 cm³/mol. The molecule has 1 unspecified atom stereocenters. The first-order valence-corrected chi connectivity index (χ1v) is 8.04. The zero-order chi connectivity index (χ0) is 16.4. The van der Waals surface area contributed by atoms with Gasteiger partial charge in [0.25, 0.3) is 0 Å². The van der Waals surface area contributed by atoms with Crippen molar-refractivity contribution in [2.45, 2.75) is 18.9 Å². The molecule has 0 bridgehead atoms. The van der Waals surface area contributed by atoms with Gasteiger partial charge < -0.3 is 5.73 Å². The van der Waals surface area contributed by atoms with E-state index < -0.39 is 11.6 Å². The molecule has 122 valence electrons. The lowest BCUT2D eigenvalue weighted by Crippen LogP contribution is -2.26. The fourth-order valence-electron chi connectivity index (χ4n) is 3.57. The fraction of sp³-hybridized carbons (Fsp3) is 0.368. The summed E-state index contributed by atoms with van der Waals surface area (Å²) in [4.78, 5) is 2.24. The minimum atomic E-state index is -0.540. The van der Waals surface area contributed by atoms with Gasteiger partial charge in [-0.25, -0.2) is 8.78 Å². The van der Waals surface area contributed by atoms with Crippen molar-refractivity contribution in [3.63, 3.8) is 0 Å². The monoisotopic (exact) mass is 316 g/mol. The van der Waals surface area contributed by atoms with E-state index in [1.165, 1.54) is 11.6 Å². The molecule has 0 spiro atoms. The first-order chi connectivity index (χ1) is 11.1. The quantitative estimate of drug-likeness (QED) is 0.932. The second-order valence-electron chi connectivity index (χ2n) is 6.31. The zero-order valence-corrected chi connectivity index (χ0v) is 13.3. The molecule has 0 amide bonds. The SMILES string of the molecule is CC(c1ccc(F)cc1F)N1C[C@@H](CN)[C@H](c2ccccc2)C1. The van der Waals surface area contributed by atoms with Gasteiger partial charge in [0.05, 0.1) is 0 Å². The molecule has 2 nitrogen and oxygen atoms in total. The summed E-state index contributed by atoms with van der Waals surface area (Å²) in [5, 5.41) is 0. The van der Waals surface area contributed by atoms with Crippen molar-refractivity contribution in [3.8, 4) is 0 Å². The maximum Gasteiger partial charge on any atom is 0.130 e. The second kappa shape index (κ2) is 6.77. The Bertz CT molecular complexity index is 660.